The molecule has 0 atom stereocenters. The predicted molar refractivity (Wildman–Crippen MR) is 84.9 cm³/mol. The summed E-state index contributed by atoms with van der Waals surface area (Å²) in [6, 6.07) is 0. The van der Waals surface area contributed by atoms with Crippen LogP contribution in [0.15, 0.2) is 23.6 Å². The maximum atomic E-state index is 5.34. The molecule has 1 aliphatic rings. The first-order chi connectivity index (χ1) is 10.1. The summed E-state index contributed by atoms with van der Waals surface area (Å²) in [5, 5.41) is 0. The number of fused-ring (bicyclic) bond motifs is 1. The van der Waals surface area contributed by atoms with Gasteiger partial charge in [-0.05, 0) is 51.2 Å². The van der Waals surface area contributed by atoms with Crippen molar-refractivity contribution >= 4 is 5.82 Å². The standard InChI is InChI=1S/C17H21N3O/c1-6-14(21-5)11-10-12(2)20(4)17-15-8-7-9-16(15)18-13(3)19-17/h1,10-11H,7-9H2,2-5H3/b12-10+,14-11+. The Kier molecular flexibility index (Phi) is 4.64. The van der Waals surface area contributed by atoms with E-state index >= 15 is 0 Å². The third-order valence-electron chi connectivity index (χ3n) is 3.71. The zero-order chi connectivity index (χ0) is 15.4. The normalized spacial score (nSPS) is 14.6. The molecule has 2 rings (SSSR count). The van der Waals surface area contributed by atoms with Gasteiger partial charge in [-0.25, -0.2) is 9.97 Å². The van der Waals surface area contributed by atoms with E-state index in [-0.39, 0.29) is 0 Å². The molecule has 0 spiro atoms. The lowest BCUT2D eigenvalue weighted by molar-refractivity contribution is 0.311. The van der Waals surface area contributed by atoms with Crippen molar-refractivity contribution in [2.45, 2.75) is 33.1 Å². The van der Waals surface area contributed by atoms with E-state index < -0.39 is 0 Å². The van der Waals surface area contributed by atoms with Gasteiger partial charge in [0, 0.05) is 24.0 Å². The molecule has 1 aromatic rings. The summed E-state index contributed by atoms with van der Waals surface area (Å²) in [5.41, 5.74) is 3.50. The number of terminal acetylenes is 1. The molecular weight excluding hydrogens is 262 g/mol. The van der Waals surface area contributed by atoms with Gasteiger partial charge < -0.3 is 9.64 Å². The summed E-state index contributed by atoms with van der Waals surface area (Å²) in [7, 11) is 3.58. The van der Waals surface area contributed by atoms with E-state index in [0.29, 0.717) is 5.76 Å². The van der Waals surface area contributed by atoms with Gasteiger partial charge in [-0.2, -0.15) is 0 Å². The Hall–Kier alpha value is -2.28. The number of nitrogens with zero attached hydrogens (tertiary/aromatic N) is 3. The number of hydrogen-bond acceptors (Lipinski definition) is 4. The highest BCUT2D eigenvalue weighted by Crippen LogP contribution is 2.29. The van der Waals surface area contributed by atoms with Crippen LogP contribution in [0.1, 0.15) is 30.4 Å². The van der Waals surface area contributed by atoms with E-state index in [4.69, 9.17) is 11.2 Å². The Morgan fingerprint density at radius 1 is 1.33 bits per heavy atom. The molecule has 0 saturated heterocycles. The first-order valence-corrected chi connectivity index (χ1v) is 7.06. The molecule has 0 saturated carbocycles. The smallest absolute Gasteiger partial charge is 0.169 e. The molecule has 0 aliphatic heterocycles. The molecule has 110 valence electrons. The zero-order valence-corrected chi connectivity index (χ0v) is 13.1. The summed E-state index contributed by atoms with van der Waals surface area (Å²) in [6.45, 7) is 3.97. The first kappa shape index (κ1) is 15.1. The number of aromatic nitrogens is 2. The SMILES string of the molecule is C#C/C(=C\C=C(/C)N(C)c1nc(C)nc2c1CCC2)OC. The van der Waals surface area contributed by atoms with Crippen molar-refractivity contribution in [2.75, 3.05) is 19.1 Å². The van der Waals surface area contributed by atoms with E-state index in [1.54, 1.807) is 13.2 Å². The zero-order valence-electron chi connectivity index (χ0n) is 13.1. The van der Waals surface area contributed by atoms with Gasteiger partial charge >= 0.3 is 0 Å². The Labute approximate surface area is 126 Å². The predicted octanol–water partition coefficient (Wildman–Crippen LogP) is 2.78. The van der Waals surface area contributed by atoms with E-state index in [1.165, 1.54) is 11.3 Å². The number of hydrogen-bond donors (Lipinski definition) is 0. The first-order valence-electron chi connectivity index (χ1n) is 7.06. The largest absolute Gasteiger partial charge is 0.489 e. The number of ether oxygens (including phenoxy) is 1. The van der Waals surface area contributed by atoms with Crippen LogP contribution in [0, 0.1) is 19.3 Å². The van der Waals surface area contributed by atoms with Crippen molar-refractivity contribution in [2.24, 2.45) is 0 Å². The fourth-order valence-electron chi connectivity index (χ4n) is 2.46. The molecule has 0 aromatic carbocycles. The second kappa shape index (κ2) is 6.45. The van der Waals surface area contributed by atoms with Crippen molar-refractivity contribution in [1.82, 2.24) is 9.97 Å². The van der Waals surface area contributed by atoms with Crippen LogP contribution in [0.3, 0.4) is 0 Å². The highest BCUT2D eigenvalue weighted by atomic mass is 16.5. The van der Waals surface area contributed by atoms with Crippen molar-refractivity contribution in [3.8, 4) is 12.3 Å². The number of rotatable bonds is 4. The highest BCUT2D eigenvalue weighted by Gasteiger charge is 2.20. The Morgan fingerprint density at radius 2 is 2.10 bits per heavy atom. The summed E-state index contributed by atoms with van der Waals surface area (Å²) in [4.78, 5) is 11.2. The van der Waals surface area contributed by atoms with Gasteiger partial charge in [-0.1, -0.05) is 0 Å². The minimum Gasteiger partial charge on any atom is -0.489 e. The summed E-state index contributed by atoms with van der Waals surface area (Å²) < 4.78 is 5.06. The maximum Gasteiger partial charge on any atom is 0.169 e. The molecule has 4 heteroatoms. The lowest BCUT2D eigenvalue weighted by atomic mass is 10.2. The monoisotopic (exact) mass is 283 g/mol. The second-order valence-corrected chi connectivity index (χ2v) is 5.12. The van der Waals surface area contributed by atoms with Crippen LogP contribution >= 0.6 is 0 Å². The fourth-order valence-corrected chi connectivity index (χ4v) is 2.46. The van der Waals surface area contributed by atoms with E-state index in [1.807, 2.05) is 27.0 Å². The van der Waals surface area contributed by atoms with Crippen molar-refractivity contribution in [1.29, 1.82) is 0 Å². The van der Waals surface area contributed by atoms with E-state index in [0.717, 1.165) is 36.6 Å². The topological polar surface area (TPSA) is 38.2 Å². The molecule has 1 heterocycles. The minimum atomic E-state index is 0.506. The number of aryl methyl sites for hydroxylation is 2. The molecule has 0 fully saturated rings. The van der Waals surface area contributed by atoms with Crippen LogP contribution in [0.2, 0.25) is 0 Å². The molecule has 1 aromatic heterocycles. The molecule has 1 aliphatic carbocycles. The summed E-state index contributed by atoms with van der Waals surface area (Å²) in [5.74, 6) is 4.81. The van der Waals surface area contributed by atoms with Gasteiger partial charge in [0.15, 0.2) is 5.76 Å². The number of allylic oxidation sites excluding steroid dienone is 4. The molecule has 0 bridgehead atoms. The molecule has 0 N–H and O–H groups in total. The van der Waals surface area contributed by atoms with Gasteiger partial charge in [0.2, 0.25) is 0 Å². The van der Waals surface area contributed by atoms with Gasteiger partial charge in [0.1, 0.15) is 11.6 Å². The van der Waals surface area contributed by atoms with E-state index in [9.17, 15) is 0 Å². The Balaban J connectivity index is 2.33. The number of anilines is 1. The number of methoxy groups -OCH3 is 1. The molecule has 0 unspecified atom stereocenters. The van der Waals surface area contributed by atoms with Crippen LogP contribution in [-0.4, -0.2) is 24.1 Å². The molecule has 0 amide bonds. The third kappa shape index (κ3) is 3.25. The van der Waals surface area contributed by atoms with Crippen molar-refractivity contribution in [3.05, 3.63) is 40.7 Å². The van der Waals surface area contributed by atoms with Crippen LogP contribution in [0.4, 0.5) is 5.82 Å². The molecule has 21 heavy (non-hydrogen) atoms. The highest BCUT2D eigenvalue weighted by molar-refractivity contribution is 5.54. The average molecular weight is 283 g/mol. The van der Waals surface area contributed by atoms with Gasteiger partial charge in [0.05, 0.1) is 7.11 Å². The van der Waals surface area contributed by atoms with Gasteiger partial charge in [0.25, 0.3) is 0 Å². The fraction of sp³-hybridized carbons (Fsp3) is 0.412. The van der Waals surface area contributed by atoms with Crippen LogP contribution in [0.25, 0.3) is 0 Å². The quantitative estimate of drug-likeness (QED) is 0.484. The van der Waals surface area contributed by atoms with Crippen LogP contribution < -0.4 is 4.90 Å². The Morgan fingerprint density at radius 3 is 2.76 bits per heavy atom. The molecule has 0 radical (unpaired) electrons. The summed E-state index contributed by atoms with van der Waals surface area (Å²) in [6.07, 6.45) is 12.3. The second-order valence-electron chi connectivity index (χ2n) is 5.12. The minimum absolute atomic E-state index is 0.506. The third-order valence-corrected chi connectivity index (χ3v) is 3.71. The lowest BCUT2D eigenvalue weighted by Crippen LogP contribution is -2.18. The summed E-state index contributed by atoms with van der Waals surface area (Å²) >= 11 is 0. The van der Waals surface area contributed by atoms with Gasteiger partial charge in [-0.3, -0.25) is 0 Å². The van der Waals surface area contributed by atoms with Gasteiger partial charge in [-0.15, -0.1) is 6.42 Å². The van der Waals surface area contributed by atoms with Crippen molar-refractivity contribution < 1.29 is 4.74 Å². The molecule has 4 nitrogen and oxygen atoms in total. The molecular formula is C17H21N3O. The lowest BCUT2D eigenvalue weighted by Gasteiger charge is -2.21. The van der Waals surface area contributed by atoms with Crippen LogP contribution in [-0.2, 0) is 17.6 Å². The Bertz CT molecular complexity index is 638. The van der Waals surface area contributed by atoms with E-state index in [2.05, 4.69) is 20.8 Å². The van der Waals surface area contributed by atoms with Crippen LogP contribution in [0.5, 0.6) is 0 Å². The van der Waals surface area contributed by atoms with Crippen molar-refractivity contribution in [3.63, 3.8) is 0 Å². The maximum absolute atomic E-state index is 5.34. The average Bonchev–Trinajstić information content (AvgIpc) is 2.94.